The zero-order valence-corrected chi connectivity index (χ0v) is 21.9. The van der Waals surface area contributed by atoms with Crippen LogP contribution in [0.3, 0.4) is 0 Å². The van der Waals surface area contributed by atoms with Crippen LogP contribution in [0.5, 0.6) is 0 Å². The first-order valence-corrected chi connectivity index (χ1v) is 11.3. The Balaban J connectivity index is 3.72. The highest BCUT2D eigenvalue weighted by Gasteiger charge is 2.30. The Morgan fingerprint density at radius 1 is 0.897 bits per heavy atom. The Hall–Kier alpha value is -0.340. The second-order valence-electron chi connectivity index (χ2n) is 5.78. The number of nitrogens with zero attached hydrogens (tertiary/aromatic N) is 2. The van der Waals surface area contributed by atoms with Crippen molar-refractivity contribution in [3.63, 3.8) is 0 Å². The Morgan fingerprint density at radius 3 is 1.66 bits per heavy atom. The lowest BCUT2D eigenvalue weighted by Crippen LogP contribution is -2.37. The number of rotatable bonds is 8. The van der Waals surface area contributed by atoms with Crippen LogP contribution in [0.1, 0.15) is 10.4 Å². The molecular formula is C16H20I3N3O7. The van der Waals surface area contributed by atoms with Gasteiger partial charge in [-0.25, -0.2) is 0 Å². The highest BCUT2D eigenvalue weighted by atomic mass is 127. The molecule has 29 heavy (non-hydrogen) atoms. The van der Waals surface area contributed by atoms with Crippen molar-refractivity contribution in [3.8, 4) is 0 Å². The summed E-state index contributed by atoms with van der Waals surface area (Å²) in [5, 5.41) is 39.4. The lowest BCUT2D eigenvalue weighted by molar-refractivity contribution is -0.121. The van der Waals surface area contributed by atoms with E-state index in [1.54, 1.807) is 0 Å². The number of nitrogens with one attached hydrogen (secondary N) is 1. The first-order valence-electron chi connectivity index (χ1n) is 8.05. The zero-order chi connectivity index (χ0) is 22.5. The lowest BCUT2D eigenvalue weighted by Gasteiger charge is -2.28. The number of hydrogen-bond acceptors (Lipinski definition) is 7. The van der Waals surface area contributed by atoms with E-state index in [0.29, 0.717) is 22.1 Å². The van der Waals surface area contributed by atoms with Crippen molar-refractivity contribution >= 4 is 96.9 Å². The van der Waals surface area contributed by atoms with Crippen LogP contribution in [-0.2, 0) is 9.59 Å². The summed E-state index contributed by atoms with van der Waals surface area (Å²) in [7, 11) is 2.86. The molecular weight excluding hydrogens is 727 g/mol. The molecule has 1 aromatic rings. The summed E-state index contributed by atoms with van der Waals surface area (Å²) in [4.78, 5) is 39.4. The van der Waals surface area contributed by atoms with Gasteiger partial charge < -0.3 is 35.5 Å². The van der Waals surface area contributed by atoms with Crippen molar-refractivity contribution < 1.29 is 34.8 Å². The van der Waals surface area contributed by atoms with Gasteiger partial charge in [0.25, 0.3) is 17.7 Å². The van der Waals surface area contributed by atoms with Gasteiger partial charge in [0.1, 0.15) is 13.2 Å². The first kappa shape index (κ1) is 26.7. The summed E-state index contributed by atoms with van der Waals surface area (Å²) in [6.45, 7) is -2.23. The SMILES string of the molecule is CN(C(=O)CO)c1c(I)c(C(=O)NCC(O)CO)c(I)c(N(C)C(=O)CO)c1I. The molecule has 0 heterocycles. The summed E-state index contributed by atoms with van der Waals surface area (Å²) in [6.07, 6.45) is -1.14. The third-order valence-corrected chi connectivity index (χ3v) is 7.02. The summed E-state index contributed by atoms with van der Waals surface area (Å²) in [5.41, 5.74) is 0.772. The maximum absolute atomic E-state index is 12.8. The minimum atomic E-state index is -1.14. The molecule has 0 bridgehead atoms. The third kappa shape index (κ3) is 6.10. The zero-order valence-electron chi connectivity index (χ0n) is 15.4. The Labute approximate surface area is 208 Å². The fraction of sp³-hybridized carbons (Fsp3) is 0.438. The molecule has 1 atom stereocenters. The van der Waals surface area contributed by atoms with E-state index in [0.717, 1.165) is 0 Å². The number of likely N-dealkylation sites (N-methyl/N-ethyl adjacent to an activating group) is 2. The van der Waals surface area contributed by atoms with Gasteiger partial charge in [-0.15, -0.1) is 0 Å². The topological polar surface area (TPSA) is 151 Å². The van der Waals surface area contributed by atoms with Crippen LogP contribution in [0, 0.1) is 10.7 Å². The van der Waals surface area contributed by atoms with Gasteiger partial charge in [0.15, 0.2) is 0 Å². The quantitative estimate of drug-likeness (QED) is 0.225. The molecule has 0 radical (unpaired) electrons. The summed E-state index contributed by atoms with van der Waals surface area (Å²) in [6, 6.07) is 0. The van der Waals surface area contributed by atoms with E-state index in [-0.39, 0.29) is 12.1 Å². The second-order valence-corrected chi connectivity index (χ2v) is 9.02. The summed E-state index contributed by atoms with van der Waals surface area (Å²) < 4.78 is 1.26. The van der Waals surface area contributed by atoms with Crippen LogP contribution in [0.2, 0.25) is 0 Å². The maximum atomic E-state index is 12.8. The van der Waals surface area contributed by atoms with Crippen molar-refractivity contribution in [2.75, 3.05) is 50.3 Å². The molecule has 0 aromatic heterocycles. The molecule has 0 fully saturated rings. The summed E-state index contributed by atoms with van der Waals surface area (Å²) in [5.74, 6) is -1.82. The van der Waals surface area contributed by atoms with Crippen LogP contribution >= 0.6 is 67.8 Å². The Morgan fingerprint density at radius 2 is 1.31 bits per heavy atom. The fourth-order valence-corrected chi connectivity index (χ4v) is 7.35. The van der Waals surface area contributed by atoms with Gasteiger partial charge >= 0.3 is 0 Å². The number of halogens is 3. The minimum absolute atomic E-state index is 0.150. The molecule has 0 aliphatic heterocycles. The third-order valence-electron chi connectivity index (χ3n) is 3.90. The molecule has 1 unspecified atom stereocenters. The monoisotopic (exact) mass is 747 g/mol. The fourth-order valence-electron chi connectivity index (χ4n) is 2.25. The minimum Gasteiger partial charge on any atom is -0.394 e. The van der Waals surface area contributed by atoms with E-state index in [1.165, 1.54) is 23.9 Å². The smallest absolute Gasteiger partial charge is 0.253 e. The molecule has 0 spiro atoms. The molecule has 1 aromatic carbocycles. The van der Waals surface area contributed by atoms with E-state index < -0.39 is 43.6 Å². The molecule has 0 aliphatic carbocycles. The van der Waals surface area contributed by atoms with Gasteiger partial charge in [-0.2, -0.15) is 0 Å². The van der Waals surface area contributed by atoms with E-state index >= 15 is 0 Å². The molecule has 0 saturated heterocycles. The Bertz CT molecular complexity index is 757. The Kier molecular flexibility index (Phi) is 10.9. The molecule has 0 saturated carbocycles. The van der Waals surface area contributed by atoms with Crippen LogP contribution < -0.4 is 15.1 Å². The molecule has 1 rings (SSSR count). The lowest BCUT2D eigenvalue weighted by atomic mass is 10.1. The van der Waals surface area contributed by atoms with Crippen molar-refractivity contribution in [1.82, 2.24) is 5.32 Å². The highest BCUT2D eigenvalue weighted by molar-refractivity contribution is 14.1. The first-order chi connectivity index (χ1) is 13.5. The molecule has 162 valence electrons. The van der Waals surface area contributed by atoms with Gasteiger partial charge in [-0.3, -0.25) is 14.4 Å². The normalized spacial score (nSPS) is 11.8. The van der Waals surface area contributed by atoms with Crippen LogP contribution in [0.15, 0.2) is 0 Å². The number of anilines is 2. The number of benzene rings is 1. The van der Waals surface area contributed by atoms with Crippen LogP contribution in [-0.4, -0.2) is 84.7 Å². The van der Waals surface area contributed by atoms with Crippen molar-refractivity contribution in [2.45, 2.75) is 6.10 Å². The van der Waals surface area contributed by atoms with Gasteiger partial charge in [0, 0.05) is 20.6 Å². The van der Waals surface area contributed by atoms with Gasteiger partial charge in [0.2, 0.25) is 0 Å². The molecule has 0 aliphatic rings. The van der Waals surface area contributed by atoms with Gasteiger partial charge in [-0.05, 0) is 67.8 Å². The predicted octanol–water partition coefficient (Wildman–Crippen LogP) is -0.506. The van der Waals surface area contributed by atoms with E-state index in [1.807, 2.05) is 67.8 Å². The number of carbonyl (C=O) groups is 3. The van der Waals surface area contributed by atoms with Crippen LogP contribution in [0.25, 0.3) is 0 Å². The standard InChI is InChI=1S/C16H20I3N3O7/c1-21(8(27)5-24)14-11(17)10(16(29)20-3-7(26)4-23)12(18)15(13(14)19)22(2)9(28)6-25/h7,23-26H,3-6H2,1-2H3,(H,20,29). The number of aliphatic hydroxyl groups excluding tert-OH is 4. The predicted molar refractivity (Wildman–Crippen MR) is 131 cm³/mol. The van der Waals surface area contributed by atoms with E-state index in [4.69, 9.17) is 5.11 Å². The molecule has 13 heteroatoms. The highest BCUT2D eigenvalue weighted by Crippen LogP contribution is 2.41. The van der Waals surface area contributed by atoms with E-state index in [2.05, 4.69) is 5.32 Å². The number of amides is 3. The van der Waals surface area contributed by atoms with Crippen LogP contribution in [0.4, 0.5) is 11.4 Å². The average Bonchev–Trinajstić information content (AvgIpc) is 2.69. The number of aliphatic hydroxyl groups is 4. The molecule has 10 nitrogen and oxygen atoms in total. The van der Waals surface area contributed by atoms with E-state index in [9.17, 15) is 29.7 Å². The van der Waals surface area contributed by atoms with Gasteiger partial charge in [-0.1, -0.05) is 0 Å². The van der Waals surface area contributed by atoms with Crippen molar-refractivity contribution in [2.24, 2.45) is 0 Å². The largest absolute Gasteiger partial charge is 0.394 e. The van der Waals surface area contributed by atoms with Gasteiger partial charge in [0.05, 0.1) is 40.4 Å². The number of carbonyl (C=O) groups excluding carboxylic acids is 3. The van der Waals surface area contributed by atoms with Crippen molar-refractivity contribution in [3.05, 3.63) is 16.3 Å². The average molecular weight is 747 g/mol. The molecule has 3 amide bonds. The maximum Gasteiger partial charge on any atom is 0.253 e. The summed E-state index contributed by atoms with van der Waals surface area (Å²) >= 11 is 5.72. The van der Waals surface area contributed by atoms with Crippen molar-refractivity contribution in [1.29, 1.82) is 0 Å². The number of hydrogen-bond donors (Lipinski definition) is 5. The molecule has 5 N–H and O–H groups in total. The second kappa shape index (κ2) is 11.9.